The van der Waals surface area contributed by atoms with E-state index in [-0.39, 0.29) is 36.7 Å². The molecule has 2 aliphatic heterocycles. The third-order valence-electron chi connectivity index (χ3n) is 6.97. The fraction of sp³-hybridized carbons (Fsp3) is 0.800. The van der Waals surface area contributed by atoms with Crippen LogP contribution in [0.2, 0.25) is 0 Å². The quantitative estimate of drug-likeness (QED) is 0.160. The van der Waals surface area contributed by atoms with Crippen molar-refractivity contribution >= 4 is 42.4 Å². The van der Waals surface area contributed by atoms with Crippen LogP contribution in [0.1, 0.15) is 54.7 Å². The summed E-state index contributed by atoms with van der Waals surface area (Å²) >= 11 is 2.38. The first kappa shape index (κ1) is 42.1. The number of fused-ring (bicyclic) bond motifs is 1. The van der Waals surface area contributed by atoms with E-state index in [1.54, 1.807) is 0 Å². The molecule has 0 spiro atoms. The third-order valence-corrected chi connectivity index (χ3v) is 10.6. The minimum atomic E-state index is -2.68. The van der Waals surface area contributed by atoms with Gasteiger partial charge in [0.1, 0.15) is 12.2 Å². The lowest BCUT2D eigenvalue weighted by Gasteiger charge is -2.27. The van der Waals surface area contributed by atoms with Crippen LogP contribution >= 0.6 is 32.1 Å². The van der Waals surface area contributed by atoms with Crippen LogP contribution in [0.3, 0.4) is 0 Å². The second-order valence-electron chi connectivity index (χ2n) is 13.3. The Morgan fingerprint density at radius 1 is 0.918 bits per heavy atom. The molecule has 1 aromatic rings. The smallest absolute Gasteiger partial charge is 0.333 e. The van der Waals surface area contributed by atoms with Crippen molar-refractivity contribution in [3.63, 3.8) is 0 Å². The number of carbonyl (C=O) groups excluding carboxylic acids is 2. The molecular formula is C30H48FN2O13PS2. The molecule has 5 atom stereocenters. The third kappa shape index (κ3) is 12.1. The van der Waals surface area contributed by atoms with Crippen molar-refractivity contribution in [2.24, 2.45) is 10.8 Å². The van der Waals surface area contributed by atoms with E-state index >= 15 is 4.39 Å². The van der Waals surface area contributed by atoms with Crippen LogP contribution in [0.15, 0.2) is 21.9 Å². The van der Waals surface area contributed by atoms with E-state index in [2.05, 4.69) is 4.98 Å². The molecule has 3 heterocycles. The number of halogens is 1. The van der Waals surface area contributed by atoms with Crippen molar-refractivity contribution in [1.82, 2.24) is 9.55 Å². The van der Waals surface area contributed by atoms with Gasteiger partial charge in [0.2, 0.25) is 0 Å². The van der Waals surface area contributed by atoms with Gasteiger partial charge < -0.3 is 42.0 Å². The number of aromatic nitrogens is 2. The van der Waals surface area contributed by atoms with Crippen molar-refractivity contribution in [1.29, 1.82) is 0 Å². The van der Waals surface area contributed by atoms with E-state index in [4.69, 9.17) is 42.0 Å². The number of ether oxygens (including phenoxy) is 6. The Kier molecular flexibility index (Phi) is 15.9. The predicted molar refractivity (Wildman–Crippen MR) is 181 cm³/mol. The van der Waals surface area contributed by atoms with Crippen LogP contribution in [0.25, 0.3) is 0 Å². The van der Waals surface area contributed by atoms with E-state index in [0.717, 1.165) is 10.6 Å². The number of carbonyl (C=O) groups is 2. The number of H-pyrrole nitrogens is 1. The molecule has 0 amide bonds. The zero-order valence-corrected chi connectivity index (χ0v) is 31.7. The number of alkyl halides is 1. The molecule has 1 N–H and O–H groups in total. The molecule has 19 heteroatoms. The Bertz CT molecular complexity index is 1320. The van der Waals surface area contributed by atoms with Crippen molar-refractivity contribution in [3.8, 4) is 0 Å². The molecule has 49 heavy (non-hydrogen) atoms. The molecule has 0 radical (unpaired) electrons. The van der Waals surface area contributed by atoms with Crippen molar-refractivity contribution in [2.75, 3.05) is 64.9 Å². The zero-order valence-electron chi connectivity index (χ0n) is 29.1. The minimum Gasteiger partial charge on any atom is -0.378 e. The molecule has 0 saturated carbocycles. The molecule has 2 saturated heterocycles. The molecule has 0 aliphatic carbocycles. The summed E-state index contributed by atoms with van der Waals surface area (Å²) < 4.78 is 68.4. The highest BCUT2D eigenvalue weighted by Gasteiger charge is 2.70. The maximum Gasteiger partial charge on any atom is 0.333 e. The molecule has 0 aromatic carbocycles. The zero-order chi connectivity index (χ0) is 36.5. The number of methoxy groups -OCH3 is 1. The van der Waals surface area contributed by atoms with Crippen molar-refractivity contribution < 1.29 is 56.0 Å². The summed E-state index contributed by atoms with van der Waals surface area (Å²) in [4.78, 5) is 50.6. The van der Waals surface area contributed by atoms with Crippen LogP contribution in [-0.4, -0.2) is 109 Å². The highest BCUT2D eigenvalue weighted by Crippen LogP contribution is 2.54. The van der Waals surface area contributed by atoms with Crippen LogP contribution in [0.4, 0.5) is 4.39 Å². The van der Waals surface area contributed by atoms with E-state index in [0.29, 0.717) is 24.7 Å². The monoisotopic (exact) mass is 758 g/mol. The van der Waals surface area contributed by atoms with Gasteiger partial charge in [0.05, 0.1) is 39.6 Å². The summed E-state index contributed by atoms with van der Waals surface area (Å²) in [6.45, 7) is 11.5. The molecule has 3 rings (SSSR count). The number of nitrogens with one attached hydrogen (secondary N) is 1. The molecule has 1 unspecified atom stereocenters. The van der Waals surface area contributed by atoms with Crippen LogP contribution in [0, 0.1) is 10.8 Å². The van der Waals surface area contributed by atoms with E-state index in [1.807, 2.05) is 41.5 Å². The summed E-state index contributed by atoms with van der Waals surface area (Å²) in [6, 6.07) is 1.09. The summed E-state index contributed by atoms with van der Waals surface area (Å²) in [5.41, 5.74) is -3.96. The molecule has 0 bridgehead atoms. The standard InChI is InChI=1S/C30H48FN2O13PS2/c1-27(2,3)23(35)48-17-15-39-11-13-41-47(42-14-12-40-16-18-49-24(36)28(4,5)6)43-19-30(31)21-29(7,46-26(38-8)44-21)22(45-30)33-10-9-20(34)32-25(33)37/h9-10,21-22,26H,11-19H2,1-8H3,(H,32,34,37)/t21-,22+,26?,29+,30+/m0/s1. The molecule has 2 fully saturated rings. The minimum absolute atomic E-state index is 0.0258. The van der Waals surface area contributed by atoms with Gasteiger partial charge in [-0.2, -0.15) is 0 Å². The summed E-state index contributed by atoms with van der Waals surface area (Å²) in [5.74, 6) is -1.74. The van der Waals surface area contributed by atoms with Gasteiger partial charge in [-0.1, -0.05) is 65.1 Å². The lowest BCUT2D eigenvalue weighted by molar-refractivity contribution is -0.300. The Morgan fingerprint density at radius 2 is 1.47 bits per heavy atom. The van der Waals surface area contributed by atoms with Crippen LogP contribution < -0.4 is 11.2 Å². The first-order chi connectivity index (χ1) is 22.9. The van der Waals surface area contributed by atoms with Gasteiger partial charge in [-0.05, 0) is 6.92 Å². The Hall–Kier alpha value is -1.28. The number of aromatic amines is 1. The summed E-state index contributed by atoms with van der Waals surface area (Å²) in [5, 5.41) is 0.122. The topological polar surface area (TPSA) is 172 Å². The van der Waals surface area contributed by atoms with Crippen LogP contribution in [0.5, 0.6) is 0 Å². The van der Waals surface area contributed by atoms with E-state index < -0.39 is 67.6 Å². The molecule has 1 aromatic heterocycles. The van der Waals surface area contributed by atoms with Gasteiger partial charge in [-0.25, -0.2) is 9.18 Å². The van der Waals surface area contributed by atoms with Crippen LogP contribution in [-0.2, 0) is 51.6 Å². The van der Waals surface area contributed by atoms with E-state index in [1.165, 1.54) is 43.8 Å². The van der Waals surface area contributed by atoms with Gasteiger partial charge in [0.25, 0.3) is 17.9 Å². The number of hydrogen-bond donors (Lipinski definition) is 1. The fourth-order valence-corrected chi connectivity index (χ4v) is 6.99. The second-order valence-corrected chi connectivity index (χ2v) is 16.6. The lowest BCUT2D eigenvalue weighted by atomic mass is 9.95. The largest absolute Gasteiger partial charge is 0.378 e. The predicted octanol–water partition coefficient (Wildman–Crippen LogP) is 3.76. The van der Waals surface area contributed by atoms with E-state index in [9.17, 15) is 19.2 Å². The Balaban J connectivity index is 1.60. The molecule has 280 valence electrons. The molecule has 2 aliphatic rings. The van der Waals surface area contributed by atoms with Gasteiger partial charge in [-0.15, -0.1) is 0 Å². The SMILES string of the molecule is COC1O[C@H]2[C@@](C)(O1)[C@H](n1ccc(=O)[nH]c1=O)O[C@]2(F)COP(OCCOCCSC(=O)C(C)(C)C)OCCOCCSC(=O)C(C)(C)C. The number of nitrogens with zero attached hydrogens (tertiary/aromatic N) is 1. The highest BCUT2D eigenvalue weighted by molar-refractivity contribution is 8.14. The van der Waals surface area contributed by atoms with Gasteiger partial charge in [0.15, 0.2) is 22.6 Å². The summed E-state index contributed by atoms with van der Waals surface area (Å²) in [6.07, 6.45) is -1.64. The van der Waals surface area contributed by atoms with Gasteiger partial charge in [-0.3, -0.25) is 23.9 Å². The number of hydrogen-bond acceptors (Lipinski definition) is 15. The normalized spacial score (nSPS) is 25.6. The first-order valence-corrected chi connectivity index (χ1v) is 18.7. The molecule has 15 nitrogen and oxygen atoms in total. The van der Waals surface area contributed by atoms with Crippen molar-refractivity contribution in [3.05, 3.63) is 33.1 Å². The van der Waals surface area contributed by atoms with Gasteiger partial charge in [0, 0.05) is 41.7 Å². The first-order valence-electron chi connectivity index (χ1n) is 15.6. The molecular weight excluding hydrogens is 710 g/mol. The summed E-state index contributed by atoms with van der Waals surface area (Å²) in [7, 11) is -0.873. The van der Waals surface area contributed by atoms with Crippen molar-refractivity contribution in [2.45, 2.75) is 78.7 Å². The highest BCUT2D eigenvalue weighted by atomic mass is 32.2. The number of rotatable bonds is 19. The number of thioether (sulfide) groups is 2. The Labute approximate surface area is 294 Å². The van der Waals surface area contributed by atoms with Gasteiger partial charge >= 0.3 is 14.3 Å². The maximum atomic E-state index is 16.7. The maximum absolute atomic E-state index is 16.7. The lowest BCUT2D eigenvalue weighted by Crippen LogP contribution is -2.48. The fourth-order valence-electron chi connectivity index (χ4n) is 4.40. The Morgan fingerprint density at radius 3 is 1.96 bits per heavy atom. The second kappa shape index (κ2) is 18.5. The average molecular weight is 759 g/mol. The average Bonchev–Trinajstić information content (AvgIpc) is 3.47.